The molecule has 0 saturated heterocycles. The van der Waals surface area contributed by atoms with Crippen molar-refractivity contribution < 1.29 is 28.6 Å². The fraction of sp³-hybridized carbons (Fsp3) is 0.726. The first kappa shape index (κ1) is 64.6. The topological polar surface area (TPSA) is 78.9 Å². The fourth-order valence-electron chi connectivity index (χ4n) is 7.86. The molecule has 0 rings (SSSR count). The van der Waals surface area contributed by atoms with E-state index in [4.69, 9.17) is 14.2 Å². The molecule has 6 nitrogen and oxygen atoms in total. The highest BCUT2D eigenvalue weighted by Crippen LogP contribution is 2.15. The third-order valence-corrected chi connectivity index (χ3v) is 12.1. The van der Waals surface area contributed by atoms with Gasteiger partial charge in [0.2, 0.25) is 0 Å². The normalized spacial score (nSPS) is 12.7. The minimum absolute atomic E-state index is 0.0801. The van der Waals surface area contributed by atoms with Gasteiger partial charge in [0, 0.05) is 19.3 Å². The van der Waals surface area contributed by atoms with E-state index in [1.807, 2.05) is 0 Å². The van der Waals surface area contributed by atoms with Crippen LogP contribution in [0.3, 0.4) is 0 Å². The van der Waals surface area contributed by atoms with Crippen molar-refractivity contribution in [2.45, 2.75) is 277 Å². The Morgan fingerprint density at radius 1 is 0.309 bits per heavy atom. The fourth-order valence-corrected chi connectivity index (χ4v) is 7.86. The molecule has 0 aliphatic rings. The van der Waals surface area contributed by atoms with Crippen LogP contribution < -0.4 is 0 Å². The maximum absolute atomic E-state index is 12.8. The van der Waals surface area contributed by atoms with Crippen molar-refractivity contribution in [2.75, 3.05) is 13.2 Å². The largest absolute Gasteiger partial charge is 0.462 e. The molecule has 0 aromatic heterocycles. The van der Waals surface area contributed by atoms with Crippen LogP contribution in [-0.4, -0.2) is 37.2 Å². The number of carbonyl (C=O) groups excluding carboxylic acids is 3. The summed E-state index contributed by atoms with van der Waals surface area (Å²) in [6, 6.07) is 0. The maximum Gasteiger partial charge on any atom is 0.306 e. The van der Waals surface area contributed by atoms with Crippen LogP contribution in [0.1, 0.15) is 271 Å². The standard InChI is InChI=1S/C62H106O6/c1-4-7-10-13-16-19-21-23-24-25-26-27-28-29-30-31-32-33-34-35-36-37-38-40-41-43-46-49-52-55-61(64)67-58-59(57-66-60(63)54-51-48-45-18-15-12-9-6-3)68-62(65)56-53-50-47-44-42-39-22-20-17-14-11-8-5-2/h7,10-11,14,16,19-20,22-24,26-27,29-30,59H,4-6,8-9,12-13,15,17-18,21,25,28,31-58H2,1-3H3/b10-7-,14-11-,19-16-,22-20-,24-23-,27-26-,30-29-. The van der Waals surface area contributed by atoms with Crippen molar-refractivity contribution in [3.8, 4) is 0 Å². The van der Waals surface area contributed by atoms with Crippen LogP contribution in [0.25, 0.3) is 0 Å². The number of ether oxygens (including phenoxy) is 3. The van der Waals surface area contributed by atoms with Gasteiger partial charge in [0.25, 0.3) is 0 Å². The Bertz CT molecular complexity index is 1320. The lowest BCUT2D eigenvalue weighted by atomic mass is 10.0. The molecule has 68 heavy (non-hydrogen) atoms. The van der Waals surface area contributed by atoms with Crippen LogP contribution >= 0.6 is 0 Å². The van der Waals surface area contributed by atoms with E-state index in [1.54, 1.807) is 0 Å². The quantitative estimate of drug-likeness (QED) is 0.0262. The Balaban J connectivity index is 4.12. The molecule has 0 aliphatic heterocycles. The van der Waals surface area contributed by atoms with Crippen LogP contribution in [0.5, 0.6) is 0 Å². The summed E-state index contributed by atoms with van der Waals surface area (Å²) in [5.41, 5.74) is 0. The minimum atomic E-state index is -0.780. The zero-order chi connectivity index (χ0) is 49.3. The van der Waals surface area contributed by atoms with E-state index < -0.39 is 6.10 Å². The average Bonchev–Trinajstić information content (AvgIpc) is 3.34. The molecule has 0 heterocycles. The van der Waals surface area contributed by atoms with Crippen molar-refractivity contribution in [2.24, 2.45) is 0 Å². The lowest BCUT2D eigenvalue weighted by Crippen LogP contribution is -2.30. The molecule has 0 N–H and O–H groups in total. The van der Waals surface area contributed by atoms with Crippen molar-refractivity contribution in [1.29, 1.82) is 0 Å². The van der Waals surface area contributed by atoms with Crippen molar-refractivity contribution in [3.05, 3.63) is 85.1 Å². The zero-order valence-corrected chi connectivity index (χ0v) is 44.6. The number of rotatable bonds is 51. The summed E-state index contributed by atoms with van der Waals surface area (Å²) in [5.74, 6) is -0.896. The molecule has 0 spiro atoms. The first-order valence-electron chi connectivity index (χ1n) is 28.6. The van der Waals surface area contributed by atoms with Crippen LogP contribution in [0, 0.1) is 0 Å². The van der Waals surface area contributed by atoms with Gasteiger partial charge in [-0.2, -0.15) is 0 Å². The lowest BCUT2D eigenvalue weighted by Gasteiger charge is -2.18. The Kier molecular flexibility index (Phi) is 53.4. The lowest BCUT2D eigenvalue weighted by molar-refractivity contribution is -0.167. The second-order valence-electron chi connectivity index (χ2n) is 18.8. The predicted octanol–water partition coefficient (Wildman–Crippen LogP) is 19.2. The summed E-state index contributed by atoms with van der Waals surface area (Å²) in [4.78, 5) is 37.9. The average molecular weight is 948 g/mol. The monoisotopic (exact) mass is 947 g/mol. The predicted molar refractivity (Wildman–Crippen MR) is 293 cm³/mol. The van der Waals surface area contributed by atoms with Gasteiger partial charge in [-0.15, -0.1) is 0 Å². The first-order valence-corrected chi connectivity index (χ1v) is 28.6. The van der Waals surface area contributed by atoms with Gasteiger partial charge < -0.3 is 14.2 Å². The van der Waals surface area contributed by atoms with E-state index in [-0.39, 0.29) is 31.1 Å². The molecule has 1 atom stereocenters. The number of hydrogen-bond acceptors (Lipinski definition) is 6. The maximum atomic E-state index is 12.8. The number of carbonyl (C=O) groups is 3. The summed E-state index contributed by atoms with van der Waals surface area (Å²) in [6.45, 7) is 6.42. The molecular formula is C62H106O6. The molecule has 0 radical (unpaired) electrons. The zero-order valence-electron chi connectivity index (χ0n) is 44.6. The molecule has 0 fully saturated rings. The highest BCUT2D eigenvalue weighted by molar-refractivity contribution is 5.71. The van der Waals surface area contributed by atoms with E-state index in [0.29, 0.717) is 19.3 Å². The summed E-state index contributed by atoms with van der Waals surface area (Å²) in [5, 5.41) is 0. The van der Waals surface area contributed by atoms with Crippen molar-refractivity contribution >= 4 is 17.9 Å². The summed E-state index contributed by atoms with van der Waals surface area (Å²) < 4.78 is 16.8. The number of esters is 3. The molecule has 0 aromatic carbocycles. The van der Waals surface area contributed by atoms with E-state index >= 15 is 0 Å². The molecule has 0 aliphatic carbocycles. The Morgan fingerprint density at radius 2 is 0.603 bits per heavy atom. The Hall–Kier alpha value is -3.41. The van der Waals surface area contributed by atoms with Crippen molar-refractivity contribution in [1.82, 2.24) is 0 Å². The molecule has 0 amide bonds. The van der Waals surface area contributed by atoms with Crippen LogP contribution in [0.4, 0.5) is 0 Å². The number of unbranched alkanes of at least 4 members (excludes halogenated alkanes) is 26. The van der Waals surface area contributed by atoms with E-state index in [0.717, 1.165) is 122 Å². The van der Waals surface area contributed by atoms with Crippen LogP contribution in [-0.2, 0) is 28.6 Å². The molecule has 0 aromatic rings. The van der Waals surface area contributed by atoms with Gasteiger partial charge in [-0.1, -0.05) is 247 Å². The number of allylic oxidation sites excluding steroid dienone is 14. The Labute approximate surface area is 420 Å². The first-order chi connectivity index (χ1) is 33.5. The summed E-state index contributed by atoms with van der Waals surface area (Å²) in [6.07, 6.45) is 73.1. The van der Waals surface area contributed by atoms with Crippen LogP contribution in [0.15, 0.2) is 85.1 Å². The third-order valence-electron chi connectivity index (χ3n) is 12.1. The van der Waals surface area contributed by atoms with Gasteiger partial charge in [-0.25, -0.2) is 0 Å². The van der Waals surface area contributed by atoms with Gasteiger partial charge >= 0.3 is 17.9 Å². The van der Waals surface area contributed by atoms with Gasteiger partial charge in [-0.3, -0.25) is 14.4 Å². The van der Waals surface area contributed by atoms with E-state index in [1.165, 1.54) is 109 Å². The van der Waals surface area contributed by atoms with Crippen molar-refractivity contribution in [3.63, 3.8) is 0 Å². The highest BCUT2D eigenvalue weighted by Gasteiger charge is 2.19. The number of hydrogen-bond donors (Lipinski definition) is 0. The molecule has 0 saturated carbocycles. The molecule has 390 valence electrons. The SMILES string of the molecule is CC/C=C\C/C=C\C/C=C\C/C=C\C/C=C\CCCCCCCCCCCCCCCC(=O)OCC(COC(=O)CCCCCCCCCC)OC(=O)CCCCCCC/C=C\C/C=C\CCC. The van der Waals surface area contributed by atoms with E-state index in [2.05, 4.69) is 106 Å². The van der Waals surface area contributed by atoms with Gasteiger partial charge in [0.1, 0.15) is 13.2 Å². The molecular weight excluding hydrogens is 841 g/mol. The second-order valence-corrected chi connectivity index (χ2v) is 18.8. The third kappa shape index (κ3) is 53.5. The van der Waals surface area contributed by atoms with Gasteiger partial charge in [-0.05, 0) is 89.9 Å². The van der Waals surface area contributed by atoms with Gasteiger partial charge in [0.15, 0.2) is 6.10 Å². The van der Waals surface area contributed by atoms with E-state index in [9.17, 15) is 14.4 Å². The minimum Gasteiger partial charge on any atom is -0.462 e. The summed E-state index contributed by atoms with van der Waals surface area (Å²) in [7, 11) is 0. The van der Waals surface area contributed by atoms with Crippen LogP contribution in [0.2, 0.25) is 0 Å². The van der Waals surface area contributed by atoms with Gasteiger partial charge in [0.05, 0.1) is 0 Å². The Morgan fingerprint density at radius 3 is 0.956 bits per heavy atom. The molecule has 6 heteroatoms. The molecule has 0 bridgehead atoms. The smallest absolute Gasteiger partial charge is 0.306 e. The summed E-state index contributed by atoms with van der Waals surface area (Å²) >= 11 is 0. The highest BCUT2D eigenvalue weighted by atomic mass is 16.6. The molecule has 1 unspecified atom stereocenters. The second kappa shape index (κ2) is 56.2.